The predicted octanol–water partition coefficient (Wildman–Crippen LogP) is 8.34. The van der Waals surface area contributed by atoms with E-state index in [1.54, 1.807) is 12.1 Å². The quantitative estimate of drug-likeness (QED) is 0.126. The van der Waals surface area contributed by atoms with E-state index in [1.807, 2.05) is 30.6 Å². The van der Waals surface area contributed by atoms with Gasteiger partial charge in [-0.05, 0) is 71.9 Å². The number of hydrogen-bond donors (Lipinski definition) is 0. The van der Waals surface area contributed by atoms with E-state index in [4.69, 9.17) is 0 Å². The Hall–Kier alpha value is -3.55. The van der Waals surface area contributed by atoms with Gasteiger partial charge in [0.2, 0.25) is 0 Å². The Bertz CT molecular complexity index is 1370. The van der Waals surface area contributed by atoms with Crippen molar-refractivity contribution in [3.05, 3.63) is 100 Å². The molecule has 0 unspecified atom stereocenters. The van der Waals surface area contributed by atoms with Crippen molar-refractivity contribution < 1.29 is 26.7 Å². The number of nitrogens with zero attached hydrogens (tertiary/aromatic N) is 2. The van der Waals surface area contributed by atoms with E-state index in [0.717, 1.165) is 53.7 Å². The minimum atomic E-state index is -3.34. The summed E-state index contributed by atoms with van der Waals surface area (Å²) in [5.74, 6) is -3.19. The number of benzene rings is 3. The normalized spacial score (nSPS) is 11.5. The van der Waals surface area contributed by atoms with Crippen LogP contribution in [0.3, 0.4) is 0 Å². The SMILES string of the molecule is CCCCCCc1cnc(CCc2ccc3c(F)c(CCc4cc(F)c(OC(F)F)c(F)c4)ccc3c2)nc1. The minimum absolute atomic E-state index is 0.126. The van der Waals surface area contributed by atoms with Crippen LogP contribution in [0, 0.1) is 17.5 Å². The molecule has 8 heteroatoms. The smallest absolute Gasteiger partial charge is 0.387 e. The third-order valence-corrected chi connectivity index (χ3v) is 6.76. The van der Waals surface area contributed by atoms with E-state index < -0.39 is 29.8 Å². The maximum atomic E-state index is 15.2. The Morgan fingerprint density at radius 1 is 0.718 bits per heavy atom. The molecule has 0 bridgehead atoms. The predicted molar refractivity (Wildman–Crippen MR) is 142 cm³/mol. The van der Waals surface area contributed by atoms with Crippen molar-refractivity contribution in [2.75, 3.05) is 0 Å². The summed E-state index contributed by atoms with van der Waals surface area (Å²) >= 11 is 0. The molecule has 3 aromatic carbocycles. The van der Waals surface area contributed by atoms with Crippen LogP contribution in [-0.4, -0.2) is 16.6 Å². The third kappa shape index (κ3) is 7.74. The molecular weight excluding hydrogens is 511 g/mol. The zero-order valence-electron chi connectivity index (χ0n) is 21.8. The van der Waals surface area contributed by atoms with Gasteiger partial charge in [-0.3, -0.25) is 0 Å². The first-order chi connectivity index (χ1) is 18.8. The second kappa shape index (κ2) is 13.5. The zero-order chi connectivity index (χ0) is 27.8. The molecule has 0 aliphatic heterocycles. The first-order valence-electron chi connectivity index (χ1n) is 13.3. The Morgan fingerprint density at radius 2 is 1.44 bits per heavy atom. The van der Waals surface area contributed by atoms with E-state index in [0.29, 0.717) is 17.4 Å². The van der Waals surface area contributed by atoms with Crippen LogP contribution in [0.15, 0.2) is 54.9 Å². The lowest BCUT2D eigenvalue weighted by molar-refractivity contribution is -0.0546. The third-order valence-electron chi connectivity index (χ3n) is 6.76. The Balaban J connectivity index is 1.36. The summed E-state index contributed by atoms with van der Waals surface area (Å²) in [5, 5.41) is 1.21. The van der Waals surface area contributed by atoms with Crippen LogP contribution in [0.5, 0.6) is 5.75 Å². The average Bonchev–Trinajstić information content (AvgIpc) is 2.92. The molecule has 0 saturated heterocycles. The van der Waals surface area contributed by atoms with Crippen molar-refractivity contribution in [2.24, 2.45) is 0 Å². The summed E-state index contributed by atoms with van der Waals surface area (Å²) in [6, 6.07) is 10.9. The van der Waals surface area contributed by atoms with Crippen molar-refractivity contribution in [1.82, 2.24) is 9.97 Å². The first kappa shape index (κ1) is 28.5. The second-order valence-electron chi connectivity index (χ2n) is 9.68. The minimum Gasteiger partial charge on any atom is -0.429 e. The molecule has 0 aliphatic rings. The monoisotopic (exact) mass is 542 g/mol. The lowest BCUT2D eigenvalue weighted by Gasteiger charge is -2.11. The number of alkyl halides is 2. The van der Waals surface area contributed by atoms with Crippen molar-refractivity contribution in [1.29, 1.82) is 0 Å². The fourth-order valence-electron chi connectivity index (χ4n) is 4.62. The van der Waals surface area contributed by atoms with Gasteiger partial charge in [0.1, 0.15) is 11.6 Å². The lowest BCUT2D eigenvalue weighted by Crippen LogP contribution is -2.06. The van der Waals surface area contributed by atoms with Gasteiger partial charge in [-0.2, -0.15) is 8.78 Å². The summed E-state index contributed by atoms with van der Waals surface area (Å²) in [7, 11) is 0. The van der Waals surface area contributed by atoms with Crippen LogP contribution in [0.25, 0.3) is 10.8 Å². The number of halogens is 5. The average molecular weight is 543 g/mol. The van der Waals surface area contributed by atoms with Gasteiger partial charge in [-0.25, -0.2) is 23.1 Å². The van der Waals surface area contributed by atoms with Crippen molar-refractivity contribution in [3.63, 3.8) is 0 Å². The fourth-order valence-corrected chi connectivity index (χ4v) is 4.62. The highest BCUT2D eigenvalue weighted by Gasteiger charge is 2.17. The molecule has 0 atom stereocenters. The Kier molecular flexibility index (Phi) is 9.85. The molecule has 0 amide bonds. The number of hydrogen-bond acceptors (Lipinski definition) is 3. The Morgan fingerprint density at radius 3 is 2.13 bits per heavy atom. The maximum absolute atomic E-state index is 15.2. The van der Waals surface area contributed by atoms with Crippen LogP contribution < -0.4 is 4.74 Å². The lowest BCUT2D eigenvalue weighted by atomic mass is 9.98. The van der Waals surface area contributed by atoms with E-state index in [-0.39, 0.29) is 18.4 Å². The molecule has 0 spiro atoms. The van der Waals surface area contributed by atoms with E-state index >= 15 is 4.39 Å². The number of unbranched alkanes of at least 4 members (excludes halogenated alkanes) is 3. The second-order valence-corrected chi connectivity index (χ2v) is 9.68. The molecular formula is C31H31F5N2O. The molecule has 0 saturated carbocycles. The standard InChI is InChI=1S/C31H31F5N2O/c1-2-3-4-5-6-22-18-37-28(38-19-22)14-9-20-8-13-25-24(15-20)12-11-23(29(25)34)10-7-21-16-26(32)30(27(33)17-21)39-31(35)36/h8,11-13,15-19,31H,2-7,9-10,14H2,1H3. The summed E-state index contributed by atoms with van der Waals surface area (Å²) in [5.41, 5.74) is 2.80. The molecule has 1 aromatic heterocycles. The van der Waals surface area contributed by atoms with Crippen molar-refractivity contribution in [3.8, 4) is 5.75 Å². The van der Waals surface area contributed by atoms with Crippen LogP contribution in [-0.2, 0) is 32.1 Å². The van der Waals surface area contributed by atoms with Gasteiger partial charge in [0.25, 0.3) is 0 Å². The molecule has 0 N–H and O–H groups in total. The molecule has 1 heterocycles. The molecule has 39 heavy (non-hydrogen) atoms. The Labute approximate surface area is 225 Å². The number of rotatable bonds is 13. The van der Waals surface area contributed by atoms with Gasteiger partial charge in [0, 0.05) is 24.2 Å². The molecule has 206 valence electrons. The van der Waals surface area contributed by atoms with E-state index in [2.05, 4.69) is 21.6 Å². The highest BCUT2D eigenvalue weighted by molar-refractivity contribution is 5.84. The number of aryl methyl sites for hydroxylation is 5. The molecule has 0 radical (unpaired) electrons. The largest absolute Gasteiger partial charge is 0.429 e. The van der Waals surface area contributed by atoms with E-state index in [1.165, 1.54) is 19.3 Å². The van der Waals surface area contributed by atoms with Gasteiger partial charge in [0.15, 0.2) is 17.4 Å². The van der Waals surface area contributed by atoms with Gasteiger partial charge in [-0.1, -0.05) is 56.5 Å². The molecule has 3 nitrogen and oxygen atoms in total. The summed E-state index contributed by atoms with van der Waals surface area (Å²) in [4.78, 5) is 8.99. The van der Waals surface area contributed by atoms with Crippen LogP contribution in [0.1, 0.15) is 60.7 Å². The van der Waals surface area contributed by atoms with E-state index in [9.17, 15) is 17.6 Å². The number of ether oxygens (including phenoxy) is 1. The maximum Gasteiger partial charge on any atom is 0.387 e. The molecule has 4 aromatic rings. The van der Waals surface area contributed by atoms with Crippen molar-refractivity contribution in [2.45, 2.75) is 71.3 Å². The highest BCUT2D eigenvalue weighted by Crippen LogP contribution is 2.27. The van der Waals surface area contributed by atoms with Gasteiger partial charge < -0.3 is 4.74 Å². The van der Waals surface area contributed by atoms with Crippen LogP contribution in [0.4, 0.5) is 22.0 Å². The highest BCUT2D eigenvalue weighted by atomic mass is 19.3. The van der Waals surface area contributed by atoms with Crippen LogP contribution in [0.2, 0.25) is 0 Å². The van der Waals surface area contributed by atoms with Gasteiger partial charge in [-0.15, -0.1) is 0 Å². The molecule has 0 fully saturated rings. The van der Waals surface area contributed by atoms with Crippen molar-refractivity contribution >= 4 is 10.8 Å². The number of aromatic nitrogens is 2. The molecule has 4 rings (SSSR count). The van der Waals surface area contributed by atoms with Gasteiger partial charge >= 0.3 is 6.61 Å². The topological polar surface area (TPSA) is 35.0 Å². The fraction of sp³-hybridized carbons (Fsp3) is 0.355. The number of fused-ring (bicyclic) bond motifs is 1. The molecule has 0 aliphatic carbocycles. The van der Waals surface area contributed by atoms with Gasteiger partial charge in [0.05, 0.1) is 0 Å². The first-order valence-corrected chi connectivity index (χ1v) is 13.3. The summed E-state index contributed by atoms with van der Waals surface area (Å²) < 4.78 is 71.8. The van der Waals surface area contributed by atoms with Crippen LogP contribution >= 0.6 is 0 Å². The summed E-state index contributed by atoms with van der Waals surface area (Å²) in [6.45, 7) is -1.14. The zero-order valence-corrected chi connectivity index (χ0v) is 21.8. The summed E-state index contributed by atoms with van der Waals surface area (Å²) in [6.07, 6.45) is 11.3.